The van der Waals surface area contributed by atoms with E-state index in [1.165, 1.54) is 124 Å². The van der Waals surface area contributed by atoms with Crippen LogP contribution in [0.3, 0.4) is 0 Å². The van der Waals surface area contributed by atoms with Crippen molar-refractivity contribution in [3.63, 3.8) is 0 Å². The van der Waals surface area contributed by atoms with Gasteiger partial charge < -0.3 is 4.90 Å². The van der Waals surface area contributed by atoms with Gasteiger partial charge in [-0.15, -0.1) is 0 Å². The molecule has 0 amide bonds. The van der Waals surface area contributed by atoms with E-state index in [4.69, 9.17) is 0 Å². The first-order valence-electron chi connectivity index (χ1n) is 23.8. The Morgan fingerprint density at radius 1 is 0.409 bits per heavy atom. The van der Waals surface area contributed by atoms with Gasteiger partial charge in [0.05, 0.1) is 0 Å². The van der Waals surface area contributed by atoms with Gasteiger partial charge in [0.1, 0.15) is 0 Å². The van der Waals surface area contributed by atoms with E-state index in [1.807, 2.05) is 0 Å². The molecule has 1 aliphatic heterocycles. The Kier molecular flexibility index (Phi) is 10.5. The molecule has 11 rings (SSSR count). The molecule has 0 saturated heterocycles. The zero-order valence-corrected chi connectivity index (χ0v) is 38.9. The lowest BCUT2D eigenvalue weighted by Crippen LogP contribution is -2.41. The Labute approximate surface area is 392 Å². The van der Waals surface area contributed by atoms with Crippen LogP contribution in [0.1, 0.15) is 68.4 Å². The Bertz CT molecular complexity index is 3240. The summed E-state index contributed by atoms with van der Waals surface area (Å²) in [5.74, 6) is 0. The monoisotopic (exact) mass is 849 g/mol. The second-order valence-corrected chi connectivity index (χ2v) is 20.0. The van der Waals surface area contributed by atoms with Crippen LogP contribution in [0.25, 0.3) is 55.6 Å². The molecular weight excluding hydrogens is 794 g/mol. The fourth-order valence-corrected chi connectivity index (χ4v) is 10.9. The lowest BCUT2D eigenvalue weighted by atomic mass is 9.57. The summed E-state index contributed by atoms with van der Waals surface area (Å²) in [4.78, 5) is 2.63. The molecule has 0 aromatic heterocycles. The van der Waals surface area contributed by atoms with Crippen molar-refractivity contribution in [2.24, 2.45) is 0 Å². The van der Waals surface area contributed by atoms with Gasteiger partial charge in [0.15, 0.2) is 7.28 Å². The van der Waals surface area contributed by atoms with Crippen LogP contribution >= 0.6 is 0 Å². The third-order valence-electron chi connectivity index (χ3n) is 14.7. The quantitative estimate of drug-likeness (QED) is 0.138. The van der Waals surface area contributed by atoms with Crippen LogP contribution in [0, 0.1) is 6.92 Å². The standard InChI is InChI=1S/C64H56BN/c1-43-35-56-57(64(4,5)34-33-63(56,2)3)42-60(43)66-59-32-30-51(47-24-14-8-15-25-47)40-58(59)65-62-55(39-52(41-61(62)66)48-26-16-9-17-27-48)54-31-29-50(46-22-12-7-13-23-46)38-53(54)37-44-19-18-28-49(36-44)45-20-10-6-11-21-45/h6-32,35-36,38-42,65H,33-34,37H2,1-5H3. The predicted octanol–water partition coefficient (Wildman–Crippen LogP) is 15.4. The highest BCUT2D eigenvalue weighted by Crippen LogP contribution is 2.50. The number of benzene rings is 9. The number of nitrogens with zero attached hydrogens (tertiary/aromatic N) is 1. The number of hydrogen-bond donors (Lipinski definition) is 0. The second-order valence-electron chi connectivity index (χ2n) is 20.0. The number of hydrogen-bond acceptors (Lipinski definition) is 1. The molecule has 0 radical (unpaired) electrons. The van der Waals surface area contributed by atoms with Gasteiger partial charge in [-0.25, -0.2) is 0 Å². The van der Waals surface area contributed by atoms with Gasteiger partial charge in [0.2, 0.25) is 0 Å². The first-order valence-corrected chi connectivity index (χ1v) is 23.8. The zero-order chi connectivity index (χ0) is 45.0. The molecule has 2 heteroatoms. The molecule has 9 aromatic rings. The van der Waals surface area contributed by atoms with Crippen LogP contribution in [0.5, 0.6) is 0 Å². The molecule has 0 N–H and O–H groups in total. The second kappa shape index (κ2) is 16.7. The molecule has 0 fully saturated rings. The van der Waals surface area contributed by atoms with Crippen molar-refractivity contribution < 1.29 is 0 Å². The number of aryl methyl sites for hydroxylation is 1. The minimum Gasteiger partial charge on any atom is -0.311 e. The molecule has 1 heterocycles. The minimum atomic E-state index is 0.0657. The average Bonchev–Trinajstić information content (AvgIpc) is 3.35. The topological polar surface area (TPSA) is 3.24 Å². The molecule has 0 saturated carbocycles. The van der Waals surface area contributed by atoms with Gasteiger partial charge >= 0.3 is 0 Å². The maximum Gasteiger partial charge on any atom is 0.198 e. The van der Waals surface area contributed by atoms with E-state index in [0.717, 1.165) is 13.7 Å². The summed E-state index contributed by atoms with van der Waals surface area (Å²) in [5.41, 5.74) is 26.0. The van der Waals surface area contributed by atoms with Gasteiger partial charge in [0, 0.05) is 17.1 Å². The lowest BCUT2D eigenvalue weighted by Gasteiger charge is -2.44. The first kappa shape index (κ1) is 41.5. The highest BCUT2D eigenvalue weighted by molar-refractivity contribution is 6.73. The fraction of sp³-hybridized carbons (Fsp3) is 0.156. The van der Waals surface area contributed by atoms with Crippen molar-refractivity contribution in [2.75, 3.05) is 4.90 Å². The molecular formula is C64H56BN. The van der Waals surface area contributed by atoms with Gasteiger partial charge in [-0.3, -0.25) is 0 Å². The van der Waals surface area contributed by atoms with Gasteiger partial charge in [-0.2, -0.15) is 0 Å². The molecule has 66 heavy (non-hydrogen) atoms. The van der Waals surface area contributed by atoms with Crippen molar-refractivity contribution in [3.8, 4) is 55.6 Å². The van der Waals surface area contributed by atoms with E-state index < -0.39 is 0 Å². The van der Waals surface area contributed by atoms with E-state index in [9.17, 15) is 0 Å². The summed E-state index contributed by atoms with van der Waals surface area (Å²) >= 11 is 0. The largest absolute Gasteiger partial charge is 0.311 e. The normalized spacial score (nSPS) is 14.4. The van der Waals surface area contributed by atoms with E-state index in [2.05, 4.69) is 246 Å². The Morgan fingerprint density at radius 2 is 0.924 bits per heavy atom. The summed E-state index contributed by atoms with van der Waals surface area (Å²) in [6, 6.07) is 77.1. The van der Waals surface area contributed by atoms with E-state index in [1.54, 1.807) is 0 Å². The van der Waals surface area contributed by atoms with Crippen LogP contribution in [-0.2, 0) is 17.3 Å². The fourth-order valence-electron chi connectivity index (χ4n) is 10.9. The van der Waals surface area contributed by atoms with E-state index >= 15 is 0 Å². The summed E-state index contributed by atoms with van der Waals surface area (Å²) in [6.07, 6.45) is 3.16. The van der Waals surface area contributed by atoms with Crippen molar-refractivity contribution in [3.05, 3.63) is 234 Å². The van der Waals surface area contributed by atoms with Gasteiger partial charge in [-0.1, -0.05) is 215 Å². The molecule has 1 aliphatic carbocycles. The summed E-state index contributed by atoms with van der Waals surface area (Å²) in [5, 5.41) is 0. The molecule has 320 valence electrons. The third kappa shape index (κ3) is 7.69. The number of anilines is 3. The molecule has 0 spiro atoms. The van der Waals surface area contributed by atoms with Gasteiger partial charge in [0.25, 0.3) is 0 Å². The Balaban J connectivity index is 1.17. The summed E-state index contributed by atoms with van der Waals surface area (Å²) < 4.78 is 0. The van der Waals surface area contributed by atoms with E-state index in [-0.39, 0.29) is 10.8 Å². The molecule has 2 aliphatic rings. The number of rotatable bonds is 8. The van der Waals surface area contributed by atoms with Gasteiger partial charge in [-0.05, 0) is 150 Å². The highest BCUT2D eigenvalue weighted by Gasteiger charge is 2.39. The van der Waals surface area contributed by atoms with Crippen LogP contribution in [-0.4, -0.2) is 7.28 Å². The smallest absolute Gasteiger partial charge is 0.198 e. The molecule has 0 bridgehead atoms. The lowest BCUT2D eigenvalue weighted by molar-refractivity contribution is 0.332. The minimum absolute atomic E-state index is 0.0657. The molecule has 9 aromatic carbocycles. The van der Waals surface area contributed by atoms with Crippen LogP contribution < -0.4 is 15.8 Å². The molecule has 0 atom stereocenters. The Morgan fingerprint density at radius 3 is 1.53 bits per heavy atom. The molecule has 0 unspecified atom stereocenters. The zero-order valence-electron chi connectivity index (χ0n) is 38.9. The number of fused-ring (bicyclic) bond motifs is 3. The van der Waals surface area contributed by atoms with Crippen LogP contribution in [0.15, 0.2) is 206 Å². The third-order valence-corrected chi connectivity index (χ3v) is 14.7. The van der Waals surface area contributed by atoms with E-state index in [0.29, 0.717) is 0 Å². The average molecular weight is 850 g/mol. The Hall–Kier alpha value is -7.16. The SMILES string of the molecule is Cc1cc2c(cc1N1c3ccc(-c4ccccc4)cc3Bc3c(-c4ccc(-c5ccccc5)cc4Cc4cccc(-c5ccccc5)c4)cc(-c4ccccc4)cc31)C(C)(C)CCC2(C)C. The predicted molar refractivity (Wildman–Crippen MR) is 284 cm³/mol. The summed E-state index contributed by atoms with van der Waals surface area (Å²) in [6.45, 7) is 12.1. The van der Waals surface area contributed by atoms with Crippen LogP contribution in [0.4, 0.5) is 17.1 Å². The first-order chi connectivity index (χ1) is 32.1. The van der Waals surface area contributed by atoms with Crippen molar-refractivity contribution >= 4 is 35.3 Å². The van der Waals surface area contributed by atoms with Crippen molar-refractivity contribution in [2.45, 2.75) is 64.7 Å². The summed E-state index contributed by atoms with van der Waals surface area (Å²) in [7, 11) is 0.818. The molecule has 1 nitrogen and oxygen atoms in total. The maximum absolute atomic E-state index is 2.63. The maximum atomic E-state index is 2.63. The van der Waals surface area contributed by atoms with Crippen molar-refractivity contribution in [1.29, 1.82) is 0 Å². The van der Waals surface area contributed by atoms with Crippen LogP contribution in [0.2, 0.25) is 0 Å². The highest BCUT2D eigenvalue weighted by atomic mass is 15.2. The van der Waals surface area contributed by atoms with Crippen molar-refractivity contribution in [1.82, 2.24) is 0 Å².